The minimum atomic E-state index is -1.27. The summed E-state index contributed by atoms with van der Waals surface area (Å²) in [6, 6.07) is 21.9. The Balaban J connectivity index is 1.25. The predicted molar refractivity (Wildman–Crippen MR) is 291 cm³/mol. The van der Waals surface area contributed by atoms with Crippen LogP contribution in [-0.4, -0.2) is 34.5 Å². The molecule has 0 aromatic heterocycles. The number of carbonyl (C=O) groups excluding carboxylic acids is 3. The van der Waals surface area contributed by atoms with Crippen LogP contribution < -0.4 is 25.4 Å². The van der Waals surface area contributed by atoms with Gasteiger partial charge in [0.05, 0.1) is 26.4 Å². The summed E-state index contributed by atoms with van der Waals surface area (Å²) in [5.74, 6) is 0.191. The van der Waals surface area contributed by atoms with Gasteiger partial charge in [-0.05, 0) is 84.2 Å². The van der Waals surface area contributed by atoms with E-state index in [0.717, 1.165) is 37.7 Å². The van der Waals surface area contributed by atoms with Gasteiger partial charge >= 0.3 is 0 Å². The number of nitrogens with zero attached hydrogens (tertiary/aromatic N) is 3. The van der Waals surface area contributed by atoms with Crippen LogP contribution in [0.25, 0.3) is 0 Å². The molecule has 9 nitrogen and oxygen atoms in total. The molecule has 4 aromatic carbocycles. The normalized spacial score (nSPS) is 17.7. The molecule has 69 heavy (non-hydrogen) atoms. The largest absolute Gasteiger partial charge is 0.458 e. The highest BCUT2D eigenvalue weighted by molar-refractivity contribution is 8.01. The molecule has 6 rings (SSSR count). The van der Waals surface area contributed by atoms with Gasteiger partial charge in [0.2, 0.25) is 5.91 Å². The van der Waals surface area contributed by atoms with E-state index in [1.165, 1.54) is 85.8 Å². The van der Waals surface area contributed by atoms with E-state index in [2.05, 4.69) is 71.3 Å². The Hall–Kier alpha value is -3.93. The number of hydrogen-bond donors (Lipinski definition) is 2. The first-order valence-electron chi connectivity index (χ1n) is 24.8. The lowest BCUT2D eigenvalue weighted by atomic mass is 9.76. The lowest BCUT2D eigenvalue weighted by Crippen LogP contribution is -2.36. The summed E-state index contributed by atoms with van der Waals surface area (Å²) in [4.78, 5) is 49.4. The van der Waals surface area contributed by atoms with Crippen molar-refractivity contribution in [1.82, 2.24) is 5.43 Å². The van der Waals surface area contributed by atoms with Gasteiger partial charge in [-0.3, -0.25) is 24.7 Å². The van der Waals surface area contributed by atoms with Crippen molar-refractivity contribution in [2.45, 2.75) is 178 Å². The Labute approximate surface area is 434 Å². The Bertz CT molecular complexity index is 2490. The van der Waals surface area contributed by atoms with Crippen LogP contribution in [-0.2, 0) is 25.2 Å². The van der Waals surface area contributed by atoms with Gasteiger partial charge in [0.15, 0.2) is 0 Å². The molecule has 2 N–H and O–H groups in total. The van der Waals surface area contributed by atoms with E-state index >= 15 is 0 Å². The fourth-order valence-electron chi connectivity index (χ4n) is 8.58. The van der Waals surface area contributed by atoms with Gasteiger partial charge < -0.3 is 10.1 Å². The molecule has 3 amide bonds. The molecule has 2 aliphatic heterocycles. The minimum Gasteiger partial charge on any atom is -0.458 e. The van der Waals surface area contributed by atoms with Crippen molar-refractivity contribution in [2.75, 3.05) is 15.2 Å². The Kier molecular flexibility index (Phi) is 18.9. The van der Waals surface area contributed by atoms with Crippen molar-refractivity contribution < 1.29 is 19.1 Å². The number of unbranched alkanes of at least 4 members (excludes halogenated alkanes) is 10. The third kappa shape index (κ3) is 12.9. The molecule has 2 unspecified atom stereocenters. The van der Waals surface area contributed by atoms with Crippen molar-refractivity contribution >= 4 is 104 Å². The molecular weight excluding hydrogens is 969 g/mol. The summed E-state index contributed by atoms with van der Waals surface area (Å²) < 4.78 is 6.90. The fraction of sp³-hybridized carbons (Fsp3) is 0.491. The maximum Gasteiger partial charge on any atom is 0.297 e. The first kappa shape index (κ1) is 54.4. The fourth-order valence-corrected chi connectivity index (χ4v) is 10.8. The molecule has 2 heterocycles. The molecule has 2 aliphatic rings. The Morgan fingerprint density at radius 1 is 0.768 bits per heavy atom. The smallest absolute Gasteiger partial charge is 0.297 e. The second-order valence-electron chi connectivity index (χ2n) is 19.5. The molecule has 4 aromatic rings. The van der Waals surface area contributed by atoms with Crippen LogP contribution in [0.2, 0.25) is 20.1 Å². The van der Waals surface area contributed by atoms with Crippen LogP contribution in [0.15, 0.2) is 82.7 Å². The van der Waals surface area contributed by atoms with Crippen molar-refractivity contribution in [3.63, 3.8) is 0 Å². The van der Waals surface area contributed by atoms with Gasteiger partial charge in [-0.15, -0.1) is 11.8 Å². The number of ether oxygens (including phenoxy) is 1. The van der Waals surface area contributed by atoms with Gasteiger partial charge in [-0.1, -0.05) is 190 Å². The van der Waals surface area contributed by atoms with Gasteiger partial charge in [-0.25, -0.2) is 10.0 Å². The highest BCUT2D eigenvalue weighted by Gasteiger charge is 2.66. The number of para-hydroxylation sites is 1. The number of hydrogen-bond acceptors (Lipinski definition) is 6. The van der Waals surface area contributed by atoms with E-state index < -0.39 is 16.9 Å². The monoisotopic (exact) mass is 1040 g/mol. The van der Waals surface area contributed by atoms with E-state index in [9.17, 15) is 14.4 Å². The van der Waals surface area contributed by atoms with Crippen molar-refractivity contribution in [2.24, 2.45) is 4.99 Å². The van der Waals surface area contributed by atoms with Gasteiger partial charge in [0, 0.05) is 34.0 Å². The number of amidine groups is 1. The molecule has 0 radical (unpaired) electrons. The van der Waals surface area contributed by atoms with Gasteiger partial charge in [0.1, 0.15) is 22.5 Å². The Morgan fingerprint density at radius 2 is 1.39 bits per heavy atom. The molecule has 0 aliphatic carbocycles. The van der Waals surface area contributed by atoms with Crippen molar-refractivity contribution in [1.29, 1.82) is 0 Å². The summed E-state index contributed by atoms with van der Waals surface area (Å²) in [7, 11) is 0. The number of anilines is 3. The third-order valence-electron chi connectivity index (χ3n) is 13.8. The summed E-state index contributed by atoms with van der Waals surface area (Å²) >= 11 is 27.7. The first-order valence-corrected chi connectivity index (χ1v) is 27.2. The number of aliphatic imine (C=N–C) groups is 1. The zero-order valence-electron chi connectivity index (χ0n) is 41.5. The van der Waals surface area contributed by atoms with Crippen molar-refractivity contribution in [3.05, 3.63) is 104 Å². The van der Waals surface area contributed by atoms with Gasteiger partial charge in [0.25, 0.3) is 17.5 Å². The second-order valence-corrected chi connectivity index (χ2v) is 22.3. The van der Waals surface area contributed by atoms with E-state index in [0.29, 0.717) is 50.6 Å². The number of nitrogens with one attached hydrogen (secondary N) is 2. The number of carbonyl (C=O) groups is 3. The number of benzene rings is 4. The highest BCUT2D eigenvalue weighted by atomic mass is 35.5. The second kappa shape index (κ2) is 24.0. The third-order valence-corrected chi connectivity index (χ3v) is 16.2. The standard InChI is InChI=1S/C55H69Cl4N5O4S/c1-9-13-14-15-16-17-18-19-20-21-22-27-47(65)60-38-29-30-40(57)43(35-38)61-50-49(51(66)64(62-50)48-41(58)33-37(56)34-42(48)59)69-46-26-24-23-25-44(46)63-52(67)55(63,12-4)68-45-31-28-36(53(5,6)10-2)32-39(45)54(7,8)11-3/h23-26,28-35,49H,9-22,27H2,1-8H3,(H,60,65)(H,61,62). The van der Waals surface area contributed by atoms with E-state index in [4.69, 9.17) is 56.1 Å². The average molecular weight is 1040 g/mol. The maximum absolute atomic E-state index is 14.7. The summed E-state index contributed by atoms with van der Waals surface area (Å²) in [5.41, 5.74) is 5.52. The Morgan fingerprint density at radius 3 is 2.01 bits per heavy atom. The maximum atomic E-state index is 14.7. The lowest BCUT2D eigenvalue weighted by molar-refractivity contribution is -0.117. The molecule has 0 saturated carbocycles. The molecular formula is C55H69Cl4N5O4S. The molecule has 14 heteroatoms. The molecule has 372 valence electrons. The first-order chi connectivity index (χ1) is 32.9. The summed E-state index contributed by atoms with van der Waals surface area (Å²) in [5, 5.41) is 4.18. The number of rotatable bonds is 25. The zero-order valence-corrected chi connectivity index (χ0v) is 45.3. The zero-order chi connectivity index (χ0) is 50.1. The highest BCUT2D eigenvalue weighted by Crippen LogP contribution is 2.51. The van der Waals surface area contributed by atoms with E-state index in [1.54, 1.807) is 23.1 Å². The van der Waals surface area contributed by atoms with Crippen LogP contribution >= 0.6 is 58.2 Å². The molecule has 2 atom stereocenters. The SMILES string of the molecule is CCCCCCCCCCCCCC(=O)Nc1ccc(Cl)c(N=C2NN(c3c(Cl)cc(Cl)cc3Cl)C(=O)C2Sc2ccccc2N2C(=O)C2(CC)Oc2ccc(C(C)(C)CC)cc2C(C)(C)CC)c1. The average Bonchev–Trinajstić information content (AvgIpc) is 3.78. The minimum absolute atomic E-state index is 0.0402. The number of halogens is 4. The predicted octanol–water partition coefficient (Wildman–Crippen LogP) is 16.6. The lowest BCUT2D eigenvalue weighted by Gasteiger charge is -2.31. The van der Waals surface area contributed by atoms with E-state index in [1.807, 2.05) is 37.3 Å². The van der Waals surface area contributed by atoms with Crippen LogP contribution in [0, 0.1) is 0 Å². The number of hydrazine groups is 1. The molecule has 2 fully saturated rings. The van der Waals surface area contributed by atoms with Crippen LogP contribution in [0.5, 0.6) is 5.75 Å². The van der Waals surface area contributed by atoms with Crippen molar-refractivity contribution in [3.8, 4) is 5.75 Å². The molecule has 0 spiro atoms. The van der Waals surface area contributed by atoms with E-state index in [-0.39, 0.29) is 44.2 Å². The van der Waals surface area contributed by atoms with Crippen LogP contribution in [0.4, 0.5) is 22.7 Å². The summed E-state index contributed by atoms with van der Waals surface area (Å²) in [6.07, 6.45) is 15.8. The quantitative estimate of drug-likeness (QED) is 0.0506. The van der Waals surface area contributed by atoms with Gasteiger partial charge in [-0.2, -0.15) is 0 Å². The topological polar surface area (TPSA) is 103 Å². The summed E-state index contributed by atoms with van der Waals surface area (Å²) in [6.45, 7) is 17.4. The van der Waals surface area contributed by atoms with Crippen LogP contribution in [0.1, 0.15) is 163 Å². The number of thioether (sulfide) groups is 1. The molecule has 2 saturated heterocycles. The van der Waals surface area contributed by atoms with Crippen LogP contribution in [0.3, 0.4) is 0 Å². The number of amides is 3. The molecule has 0 bridgehead atoms.